The van der Waals surface area contributed by atoms with Gasteiger partial charge in [-0.25, -0.2) is 9.97 Å². The molecule has 7 heteroatoms. The van der Waals surface area contributed by atoms with Crippen LogP contribution in [0, 0.1) is 25.2 Å². The number of nitriles is 1. The summed E-state index contributed by atoms with van der Waals surface area (Å²) in [7, 11) is 0. The Labute approximate surface area is 142 Å². The number of nitrogens with one attached hydrogen (secondary N) is 1. The van der Waals surface area contributed by atoms with E-state index in [0.29, 0.717) is 10.8 Å². The number of amides is 1. The van der Waals surface area contributed by atoms with Gasteiger partial charge in [-0.3, -0.25) is 15.1 Å². The van der Waals surface area contributed by atoms with Crippen LogP contribution in [-0.2, 0) is 0 Å². The fraction of sp³-hybridized carbons (Fsp3) is 0.118. The van der Waals surface area contributed by atoms with Gasteiger partial charge in [-0.15, -0.1) is 11.3 Å². The van der Waals surface area contributed by atoms with Crippen LogP contribution < -0.4 is 5.32 Å². The van der Waals surface area contributed by atoms with Gasteiger partial charge in [0, 0.05) is 23.0 Å². The summed E-state index contributed by atoms with van der Waals surface area (Å²) in [5.74, 6) is -0.357. The van der Waals surface area contributed by atoms with E-state index in [-0.39, 0.29) is 11.6 Å². The van der Waals surface area contributed by atoms with Gasteiger partial charge in [0.15, 0.2) is 10.8 Å². The van der Waals surface area contributed by atoms with Crippen molar-refractivity contribution in [3.05, 3.63) is 58.6 Å². The third kappa shape index (κ3) is 3.45. The number of aryl methyl sites for hydroxylation is 2. The SMILES string of the molecule is Cc1cc(-c2cc(C)nc(C(=O)Nc3nc(C#N)cs3)c2)ccn1. The number of hydrogen-bond donors (Lipinski definition) is 1. The lowest BCUT2D eigenvalue weighted by Gasteiger charge is -2.07. The number of anilines is 1. The number of thiazole rings is 1. The maximum Gasteiger partial charge on any atom is 0.276 e. The van der Waals surface area contributed by atoms with E-state index in [2.05, 4.69) is 20.3 Å². The number of carbonyl (C=O) groups excluding carboxylic acids is 1. The van der Waals surface area contributed by atoms with E-state index >= 15 is 0 Å². The molecule has 0 aromatic carbocycles. The third-order valence-corrected chi connectivity index (χ3v) is 4.01. The van der Waals surface area contributed by atoms with E-state index in [1.54, 1.807) is 17.6 Å². The van der Waals surface area contributed by atoms with Gasteiger partial charge < -0.3 is 0 Å². The van der Waals surface area contributed by atoms with Crippen molar-refractivity contribution in [3.8, 4) is 17.2 Å². The maximum absolute atomic E-state index is 12.4. The summed E-state index contributed by atoms with van der Waals surface area (Å²) in [4.78, 5) is 24.9. The van der Waals surface area contributed by atoms with E-state index in [4.69, 9.17) is 5.26 Å². The number of pyridine rings is 2. The lowest BCUT2D eigenvalue weighted by atomic mass is 10.1. The Hall–Kier alpha value is -3.11. The lowest BCUT2D eigenvalue weighted by molar-refractivity contribution is 0.102. The molecule has 3 aromatic heterocycles. The molecular formula is C17H13N5OS. The van der Waals surface area contributed by atoms with Crippen LogP contribution in [0.5, 0.6) is 0 Å². The second-order valence-corrected chi connectivity index (χ2v) is 6.03. The minimum absolute atomic E-state index is 0.278. The average Bonchev–Trinajstić information content (AvgIpc) is 3.02. The zero-order valence-corrected chi connectivity index (χ0v) is 13.9. The fourth-order valence-electron chi connectivity index (χ4n) is 2.22. The fourth-order valence-corrected chi connectivity index (χ4v) is 2.85. The monoisotopic (exact) mass is 335 g/mol. The van der Waals surface area contributed by atoms with E-state index < -0.39 is 0 Å². The molecule has 0 unspecified atom stereocenters. The molecular weight excluding hydrogens is 322 g/mol. The molecule has 0 radical (unpaired) electrons. The first-order valence-corrected chi connectivity index (χ1v) is 8.02. The highest BCUT2D eigenvalue weighted by Gasteiger charge is 2.13. The molecule has 0 fully saturated rings. The number of carbonyl (C=O) groups is 1. The summed E-state index contributed by atoms with van der Waals surface area (Å²) in [6, 6.07) is 9.43. The molecule has 3 aromatic rings. The van der Waals surface area contributed by atoms with Gasteiger partial charge in [-0.05, 0) is 49.2 Å². The Balaban J connectivity index is 1.90. The van der Waals surface area contributed by atoms with Gasteiger partial charge in [0.1, 0.15) is 11.8 Å². The van der Waals surface area contributed by atoms with Crippen LogP contribution in [0.2, 0.25) is 0 Å². The predicted octanol–water partition coefficient (Wildman–Crippen LogP) is 3.34. The van der Waals surface area contributed by atoms with Gasteiger partial charge in [0.2, 0.25) is 0 Å². The number of rotatable bonds is 3. The van der Waals surface area contributed by atoms with Crippen molar-refractivity contribution in [2.24, 2.45) is 0 Å². The highest BCUT2D eigenvalue weighted by atomic mass is 32.1. The molecule has 0 saturated carbocycles. The van der Waals surface area contributed by atoms with E-state index in [1.165, 1.54) is 11.3 Å². The molecule has 3 rings (SSSR count). The molecule has 1 amide bonds. The molecule has 0 saturated heterocycles. The van der Waals surface area contributed by atoms with Gasteiger partial charge in [-0.1, -0.05) is 0 Å². The average molecular weight is 335 g/mol. The highest BCUT2D eigenvalue weighted by Crippen LogP contribution is 2.22. The quantitative estimate of drug-likeness (QED) is 0.792. The Morgan fingerprint density at radius 2 is 1.96 bits per heavy atom. The molecule has 0 bridgehead atoms. The Morgan fingerprint density at radius 3 is 2.67 bits per heavy atom. The molecule has 0 aliphatic carbocycles. The summed E-state index contributed by atoms with van der Waals surface area (Å²) < 4.78 is 0. The van der Waals surface area contributed by atoms with E-state index in [0.717, 1.165) is 22.5 Å². The summed E-state index contributed by atoms with van der Waals surface area (Å²) in [5.41, 5.74) is 4.09. The minimum Gasteiger partial charge on any atom is -0.296 e. The van der Waals surface area contributed by atoms with Gasteiger partial charge in [-0.2, -0.15) is 5.26 Å². The first-order chi connectivity index (χ1) is 11.5. The molecule has 0 aliphatic heterocycles. The molecule has 118 valence electrons. The number of nitrogens with zero attached hydrogens (tertiary/aromatic N) is 4. The van der Waals surface area contributed by atoms with Gasteiger partial charge >= 0.3 is 0 Å². The van der Waals surface area contributed by atoms with Gasteiger partial charge in [0.05, 0.1) is 0 Å². The number of aromatic nitrogens is 3. The summed E-state index contributed by atoms with van der Waals surface area (Å²) in [5, 5.41) is 13.4. The predicted molar refractivity (Wildman–Crippen MR) is 91.7 cm³/mol. The van der Waals surface area contributed by atoms with Crippen molar-refractivity contribution >= 4 is 22.4 Å². The molecule has 24 heavy (non-hydrogen) atoms. The van der Waals surface area contributed by atoms with Crippen molar-refractivity contribution in [1.29, 1.82) is 5.26 Å². The molecule has 0 atom stereocenters. The van der Waals surface area contributed by atoms with Crippen molar-refractivity contribution in [2.75, 3.05) is 5.32 Å². The van der Waals surface area contributed by atoms with Crippen LogP contribution in [0.15, 0.2) is 35.8 Å². The Morgan fingerprint density at radius 1 is 1.17 bits per heavy atom. The first-order valence-electron chi connectivity index (χ1n) is 7.14. The molecule has 0 spiro atoms. The first kappa shape index (κ1) is 15.8. The summed E-state index contributed by atoms with van der Waals surface area (Å²) in [6.07, 6.45) is 1.74. The maximum atomic E-state index is 12.4. The van der Waals surface area contributed by atoms with Crippen LogP contribution in [0.3, 0.4) is 0 Å². The molecule has 1 N–H and O–H groups in total. The largest absolute Gasteiger partial charge is 0.296 e. The summed E-state index contributed by atoms with van der Waals surface area (Å²) in [6.45, 7) is 3.76. The Kier molecular flexibility index (Phi) is 4.31. The standard InChI is InChI=1S/C17H13N5OS/c1-10-5-12(3-4-19-10)13-6-11(2)20-15(7-13)16(23)22-17-21-14(8-18)9-24-17/h3-7,9H,1-2H3,(H,21,22,23). The normalized spacial score (nSPS) is 10.2. The highest BCUT2D eigenvalue weighted by molar-refractivity contribution is 7.14. The van der Waals surface area contributed by atoms with Crippen molar-refractivity contribution in [1.82, 2.24) is 15.0 Å². The van der Waals surface area contributed by atoms with Crippen molar-refractivity contribution in [2.45, 2.75) is 13.8 Å². The second kappa shape index (κ2) is 6.56. The van der Waals surface area contributed by atoms with E-state index in [1.807, 2.05) is 38.1 Å². The van der Waals surface area contributed by atoms with Crippen molar-refractivity contribution in [3.63, 3.8) is 0 Å². The van der Waals surface area contributed by atoms with Crippen molar-refractivity contribution < 1.29 is 4.79 Å². The topological polar surface area (TPSA) is 91.6 Å². The third-order valence-electron chi connectivity index (χ3n) is 3.26. The van der Waals surface area contributed by atoms with Crippen LogP contribution in [-0.4, -0.2) is 20.9 Å². The summed E-state index contributed by atoms with van der Waals surface area (Å²) >= 11 is 1.20. The molecule has 0 aliphatic rings. The van der Waals surface area contributed by atoms with Crippen LogP contribution in [0.25, 0.3) is 11.1 Å². The zero-order chi connectivity index (χ0) is 17.1. The van der Waals surface area contributed by atoms with Crippen LogP contribution in [0.4, 0.5) is 5.13 Å². The molecule has 3 heterocycles. The zero-order valence-electron chi connectivity index (χ0n) is 13.1. The minimum atomic E-state index is -0.357. The Bertz CT molecular complexity index is 958. The van der Waals surface area contributed by atoms with E-state index in [9.17, 15) is 4.79 Å². The van der Waals surface area contributed by atoms with Gasteiger partial charge in [0.25, 0.3) is 5.91 Å². The van der Waals surface area contributed by atoms with Crippen LogP contribution >= 0.6 is 11.3 Å². The second-order valence-electron chi connectivity index (χ2n) is 5.17. The lowest BCUT2D eigenvalue weighted by Crippen LogP contribution is -2.14. The van der Waals surface area contributed by atoms with Crippen LogP contribution in [0.1, 0.15) is 27.6 Å². The molecule has 6 nitrogen and oxygen atoms in total. The smallest absolute Gasteiger partial charge is 0.276 e. The number of hydrogen-bond acceptors (Lipinski definition) is 6.